The molecule has 3 rings (SSSR count). The second-order valence-electron chi connectivity index (χ2n) is 4.85. The van der Waals surface area contributed by atoms with Crippen molar-refractivity contribution in [1.29, 1.82) is 10.5 Å². The summed E-state index contributed by atoms with van der Waals surface area (Å²) < 4.78 is 0. The lowest BCUT2D eigenvalue weighted by atomic mass is 10.1. The highest BCUT2D eigenvalue weighted by Crippen LogP contribution is 2.23. The molecule has 4 heteroatoms. The Hall–Kier alpha value is -3.37. The van der Waals surface area contributed by atoms with Crippen molar-refractivity contribution < 1.29 is 0 Å². The van der Waals surface area contributed by atoms with Gasteiger partial charge in [0.15, 0.2) is 0 Å². The van der Waals surface area contributed by atoms with Gasteiger partial charge in [0.1, 0.15) is 11.8 Å². The summed E-state index contributed by atoms with van der Waals surface area (Å²) in [5.41, 5.74) is 3.78. The normalized spacial score (nSPS) is 9.91. The van der Waals surface area contributed by atoms with Crippen LogP contribution in [0.5, 0.6) is 0 Å². The highest BCUT2D eigenvalue weighted by molar-refractivity contribution is 5.91. The lowest BCUT2D eigenvalue weighted by molar-refractivity contribution is 1.15. The number of pyridine rings is 1. The lowest BCUT2D eigenvalue weighted by Crippen LogP contribution is -2.01. The minimum atomic E-state index is 0.390. The average molecular weight is 284 g/mol. The summed E-state index contributed by atoms with van der Waals surface area (Å²) in [5.74, 6) is 0. The molecule has 0 radical (unpaired) electrons. The molecular weight excluding hydrogens is 272 g/mol. The molecule has 3 aromatic rings. The summed E-state index contributed by atoms with van der Waals surface area (Å²) in [7, 11) is 0. The molecule has 2 aromatic carbocycles. The van der Waals surface area contributed by atoms with Crippen LogP contribution in [0.15, 0.2) is 54.6 Å². The van der Waals surface area contributed by atoms with Crippen LogP contribution < -0.4 is 5.32 Å². The molecule has 0 aliphatic rings. The Labute approximate surface area is 128 Å². The van der Waals surface area contributed by atoms with E-state index in [1.54, 1.807) is 18.2 Å². The third kappa shape index (κ3) is 2.72. The van der Waals surface area contributed by atoms with Crippen molar-refractivity contribution in [3.63, 3.8) is 0 Å². The van der Waals surface area contributed by atoms with Crippen LogP contribution in [0.2, 0.25) is 0 Å². The Balaban J connectivity index is 1.90. The predicted molar refractivity (Wildman–Crippen MR) is 84.9 cm³/mol. The van der Waals surface area contributed by atoms with Crippen LogP contribution >= 0.6 is 0 Å². The molecule has 0 atom stereocenters. The molecule has 0 aliphatic heterocycles. The van der Waals surface area contributed by atoms with Gasteiger partial charge >= 0.3 is 0 Å². The van der Waals surface area contributed by atoms with E-state index < -0.39 is 0 Å². The smallest absolute Gasteiger partial charge is 0.143 e. The Bertz CT molecular complexity index is 899. The van der Waals surface area contributed by atoms with E-state index in [0.717, 1.165) is 22.2 Å². The zero-order valence-corrected chi connectivity index (χ0v) is 11.7. The number of para-hydroxylation sites is 1. The van der Waals surface area contributed by atoms with Crippen LogP contribution in [0.25, 0.3) is 10.9 Å². The van der Waals surface area contributed by atoms with Gasteiger partial charge in [-0.3, -0.25) is 0 Å². The minimum Gasteiger partial charge on any atom is -0.380 e. The number of aromatic nitrogens is 1. The van der Waals surface area contributed by atoms with Gasteiger partial charge in [0.05, 0.1) is 17.1 Å². The Kier molecular flexibility index (Phi) is 3.68. The van der Waals surface area contributed by atoms with Crippen LogP contribution in [0.4, 0.5) is 5.69 Å². The lowest BCUT2D eigenvalue weighted by Gasteiger charge is -2.10. The molecule has 0 saturated heterocycles. The molecule has 104 valence electrons. The van der Waals surface area contributed by atoms with Crippen LogP contribution in [-0.2, 0) is 6.54 Å². The first-order chi connectivity index (χ1) is 10.8. The Morgan fingerprint density at radius 3 is 2.45 bits per heavy atom. The first kappa shape index (κ1) is 13.6. The van der Waals surface area contributed by atoms with E-state index in [1.807, 2.05) is 36.4 Å². The van der Waals surface area contributed by atoms with Gasteiger partial charge in [0.2, 0.25) is 0 Å². The summed E-state index contributed by atoms with van der Waals surface area (Å²) in [6.45, 7) is 0.616. The van der Waals surface area contributed by atoms with Crippen molar-refractivity contribution in [2.45, 2.75) is 6.54 Å². The number of nitriles is 2. The van der Waals surface area contributed by atoms with Gasteiger partial charge in [-0.2, -0.15) is 10.5 Å². The van der Waals surface area contributed by atoms with Crippen molar-refractivity contribution in [2.75, 3.05) is 5.32 Å². The highest BCUT2D eigenvalue weighted by Gasteiger charge is 2.05. The molecule has 0 bridgehead atoms. The van der Waals surface area contributed by atoms with E-state index in [4.69, 9.17) is 10.5 Å². The first-order valence-electron chi connectivity index (χ1n) is 6.83. The molecule has 0 spiro atoms. The van der Waals surface area contributed by atoms with Crippen molar-refractivity contribution in [3.8, 4) is 12.1 Å². The van der Waals surface area contributed by atoms with Gasteiger partial charge < -0.3 is 5.32 Å². The third-order valence-electron chi connectivity index (χ3n) is 3.40. The number of nitrogens with one attached hydrogen (secondary N) is 1. The Morgan fingerprint density at radius 1 is 0.955 bits per heavy atom. The van der Waals surface area contributed by atoms with Crippen LogP contribution in [0.1, 0.15) is 16.8 Å². The highest BCUT2D eigenvalue weighted by atomic mass is 14.9. The Morgan fingerprint density at radius 2 is 1.73 bits per heavy atom. The fourth-order valence-electron chi connectivity index (χ4n) is 2.27. The van der Waals surface area contributed by atoms with E-state index in [-0.39, 0.29) is 0 Å². The summed E-state index contributed by atoms with van der Waals surface area (Å²) in [4.78, 5) is 4.29. The number of benzene rings is 2. The predicted octanol–water partition coefficient (Wildman–Crippen LogP) is 3.59. The summed E-state index contributed by atoms with van der Waals surface area (Å²) in [6.07, 6.45) is 0. The van der Waals surface area contributed by atoms with Crippen LogP contribution in [0.3, 0.4) is 0 Å². The fourth-order valence-corrected chi connectivity index (χ4v) is 2.27. The maximum Gasteiger partial charge on any atom is 0.143 e. The second-order valence-corrected chi connectivity index (χ2v) is 4.85. The van der Waals surface area contributed by atoms with Crippen LogP contribution in [-0.4, -0.2) is 4.98 Å². The molecule has 22 heavy (non-hydrogen) atoms. The molecule has 0 aliphatic carbocycles. The molecule has 0 saturated carbocycles. The van der Waals surface area contributed by atoms with Gasteiger partial charge in [-0.15, -0.1) is 0 Å². The van der Waals surface area contributed by atoms with Gasteiger partial charge in [-0.1, -0.05) is 30.3 Å². The van der Waals surface area contributed by atoms with E-state index >= 15 is 0 Å². The van der Waals surface area contributed by atoms with E-state index in [9.17, 15) is 0 Å². The standard InChI is InChI=1S/C18H12N4/c19-10-13-5-7-14(8-6-13)12-21-18-9-15(11-20)22-17-4-2-1-3-16(17)18/h1-9H,12H2,(H,21,22). The molecular formula is C18H12N4. The molecule has 0 fully saturated rings. The number of fused-ring (bicyclic) bond motifs is 1. The monoisotopic (exact) mass is 284 g/mol. The zero-order valence-electron chi connectivity index (χ0n) is 11.7. The zero-order chi connectivity index (χ0) is 15.4. The van der Waals surface area contributed by atoms with Gasteiger partial charge in [0.25, 0.3) is 0 Å². The molecule has 1 aromatic heterocycles. The molecule has 1 N–H and O–H groups in total. The fraction of sp³-hybridized carbons (Fsp3) is 0.0556. The first-order valence-corrected chi connectivity index (χ1v) is 6.83. The number of anilines is 1. The number of hydrogen-bond donors (Lipinski definition) is 1. The van der Waals surface area contributed by atoms with Crippen molar-refractivity contribution in [2.24, 2.45) is 0 Å². The maximum absolute atomic E-state index is 9.09. The van der Waals surface area contributed by atoms with E-state index in [0.29, 0.717) is 17.8 Å². The van der Waals surface area contributed by atoms with Crippen molar-refractivity contribution >= 4 is 16.6 Å². The average Bonchev–Trinajstić information content (AvgIpc) is 2.59. The minimum absolute atomic E-state index is 0.390. The van der Waals surface area contributed by atoms with Crippen LogP contribution in [0, 0.1) is 22.7 Å². The quantitative estimate of drug-likeness (QED) is 0.797. The molecule has 4 nitrogen and oxygen atoms in total. The third-order valence-corrected chi connectivity index (χ3v) is 3.40. The van der Waals surface area contributed by atoms with Gasteiger partial charge in [-0.05, 0) is 29.8 Å². The number of nitrogens with zero attached hydrogens (tertiary/aromatic N) is 3. The van der Waals surface area contributed by atoms with Crippen molar-refractivity contribution in [3.05, 3.63) is 71.4 Å². The van der Waals surface area contributed by atoms with E-state index in [2.05, 4.69) is 22.4 Å². The second kappa shape index (κ2) is 5.95. The molecule has 0 amide bonds. The molecule has 1 heterocycles. The van der Waals surface area contributed by atoms with E-state index in [1.165, 1.54) is 0 Å². The topological polar surface area (TPSA) is 72.5 Å². The maximum atomic E-state index is 9.09. The largest absolute Gasteiger partial charge is 0.380 e. The number of hydrogen-bond acceptors (Lipinski definition) is 4. The molecule has 0 unspecified atom stereocenters. The van der Waals surface area contributed by atoms with Gasteiger partial charge in [0, 0.05) is 17.6 Å². The summed E-state index contributed by atoms with van der Waals surface area (Å²) in [6, 6.07) is 21.1. The summed E-state index contributed by atoms with van der Waals surface area (Å²) in [5, 5.41) is 22.2. The number of rotatable bonds is 3. The SMILES string of the molecule is N#Cc1ccc(CNc2cc(C#N)nc3ccccc23)cc1. The van der Waals surface area contributed by atoms with Crippen molar-refractivity contribution in [1.82, 2.24) is 4.98 Å². The summed E-state index contributed by atoms with van der Waals surface area (Å²) >= 11 is 0. The van der Waals surface area contributed by atoms with Gasteiger partial charge in [-0.25, -0.2) is 4.98 Å².